The van der Waals surface area contributed by atoms with Crippen LogP contribution in [0.3, 0.4) is 0 Å². The fourth-order valence-corrected chi connectivity index (χ4v) is 2.14. The molecular weight excluding hydrogens is 288 g/mol. The van der Waals surface area contributed by atoms with Crippen LogP contribution in [0.4, 0.5) is 0 Å². The van der Waals surface area contributed by atoms with Gasteiger partial charge in [0.05, 0.1) is 6.61 Å². The van der Waals surface area contributed by atoms with Gasteiger partial charge in [0.15, 0.2) is 0 Å². The smallest absolute Gasteiger partial charge is 0.241 e. The Labute approximate surface area is 132 Å². The number of carbonyl (C=O) groups is 1. The third kappa shape index (κ3) is 5.40. The van der Waals surface area contributed by atoms with Crippen molar-refractivity contribution < 1.29 is 9.53 Å². The highest BCUT2D eigenvalue weighted by Gasteiger charge is 2.16. The molecule has 0 radical (unpaired) electrons. The van der Waals surface area contributed by atoms with Gasteiger partial charge < -0.3 is 10.1 Å². The fourth-order valence-electron chi connectivity index (χ4n) is 2.14. The molecule has 4 nitrogen and oxygen atoms in total. The summed E-state index contributed by atoms with van der Waals surface area (Å²) >= 11 is 0. The van der Waals surface area contributed by atoms with E-state index in [-0.39, 0.29) is 24.4 Å². The molecule has 5 heteroatoms. The molecule has 0 spiro atoms. The van der Waals surface area contributed by atoms with Crippen molar-refractivity contribution in [3.8, 4) is 5.75 Å². The quantitative estimate of drug-likeness (QED) is 0.758. The largest absolute Gasteiger partial charge is 0.493 e. The van der Waals surface area contributed by atoms with Crippen LogP contribution in [0.2, 0.25) is 0 Å². The van der Waals surface area contributed by atoms with E-state index in [0.29, 0.717) is 6.54 Å². The molecule has 1 aromatic carbocycles. The van der Waals surface area contributed by atoms with Crippen molar-refractivity contribution in [3.63, 3.8) is 0 Å². The van der Waals surface area contributed by atoms with Crippen LogP contribution in [0.25, 0.3) is 0 Å². The zero-order valence-corrected chi connectivity index (χ0v) is 13.1. The third-order valence-electron chi connectivity index (χ3n) is 3.19. The average Bonchev–Trinajstić information content (AvgIpc) is 3.00. The molecule has 0 saturated carbocycles. The summed E-state index contributed by atoms with van der Waals surface area (Å²) < 4.78 is 5.71. The lowest BCUT2D eigenvalue weighted by atomic mass is 10.1. The first-order chi connectivity index (χ1) is 9.81. The molecule has 2 N–H and O–H groups in total. The molecule has 1 atom stereocenters. The number of ether oxygens (including phenoxy) is 1. The van der Waals surface area contributed by atoms with Gasteiger partial charge in [-0.05, 0) is 24.5 Å². The van der Waals surface area contributed by atoms with Crippen LogP contribution in [0.1, 0.15) is 18.9 Å². The second-order valence-electron chi connectivity index (χ2n) is 4.81. The van der Waals surface area contributed by atoms with Crippen LogP contribution < -0.4 is 15.4 Å². The van der Waals surface area contributed by atoms with Gasteiger partial charge in [-0.1, -0.05) is 37.3 Å². The normalized spacial score (nSPS) is 16.3. The summed E-state index contributed by atoms with van der Waals surface area (Å²) in [7, 11) is 0. The van der Waals surface area contributed by atoms with Gasteiger partial charge in [-0.2, -0.15) is 0 Å². The summed E-state index contributed by atoms with van der Waals surface area (Å²) in [6.45, 7) is 4.20. The number of rotatable bonds is 7. The molecule has 0 fully saturated rings. The van der Waals surface area contributed by atoms with Crippen molar-refractivity contribution in [2.75, 3.05) is 19.7 Å². The predicted octanol–water partition coefficient (Wildman–Crippen LogP) is 2.08. The Balaban J connectivity index is 0.00000220. The van der Waals surface area contributed by atoms with E-state index >= 15 is 0 Å². The zero-order chi connectivity index (χ0) is 14.2. The second kappa shape index (κ2) is 9.42. The van der Waals surface area contributed by atoms with Gasteiger partial charge in [-0.25, -0.2) is 0 Å². The molecule has 1 aromatic rings. The van der Waals surface area contributed by atoms with Gasteiger partial charge in [0.1, 0.15) is 11.8 Å². The Hall–Kier alpha value is -1.52. The number of benzene rings is 1. The summed E-state index contributed by atoms with van der Waals surface area (Å²) in [6.07, 6.45) is 5.64. The maximum absolute atomic E-state index is 11.8. The summed E-state index contributed by atoms with van der Waals surface area (Å²) in [5.74, 6) is 0.952. The molecular formula is C16H23ClN2O2. The van der Waals surface area contributed by atoms with Gasteiger partial charge >= 0.3 is 0 Å². The first-order valence-electron chi connectivity index (χ1n) is 7.19. The molecule has 0 bridgehead atoms. The number of hydrogen-bond acceptors (Lipinski definition) is 3. The minimum absolute atomic E-state index is 0. The Morgan fingerprint density at radius 3 is 2.95 bits per heavy atom. The van der Waals surface area contributed by atoms with Crippen LogP contribution in [0.5, 0.6) is 5.75 Å². The minimum atomic E-state index is -0.179. The lowest BCUT2D eigenvalue weighted by Crippen LogP contribution is -2.41. The molecule has 0 aromatic heterocycles. The first-order valence-corrected chi connectivity index (χ1v) is 7.19. The van der Waals surface area contributed by atoms with Crippen LogP contribution in [0, 0.1) is 0 Å². The molecule has 0 aliphatic carbocycles. The SMILES string of the molecule is CCCOc1ccccc1CCNC(=O)C1C=CCN1.Cl. The summed E-state index contributed by atoms with van der Waals surface area (Å²) in [4.78, 5) is 11.8. The van der Waals surface area contributed by atoms with Crippen molar-refractivity contribution in [1.82, 2.24) is 10.6 Å². The van der Waals surface area contributed by atoms with E-state index in [4.69, 9.17) is 4.74 Å². The van der Waals surface area contributed by atoms with Crippen molar-refractivity contribution in [1.29, 1.82) is 0 Å². The summed E-state index contributed by atoms with van der Waals surface area (Å²) in [5.41, 5.74) is 1.14. The molecule has 2 rings (SSSR count). The molecule has 1 heterocycles. The van der Waals surface area contributed by atoms with Gasteiger partial charge in [-0.15, -0.1) is 12.4 Å². The molecule has 1 aliphatic rings. The van der Waals surface area contributed by atoms with Crippen LogP contribution in [0.15, 0.2) is 36.4 Å². The minimum Gasteiger partial charge on any atom is -0.493 e. The van der Waals surface area contributed by atoms with Crippen molar-refractivity contribution in [2.24, 2.45) is 0 Å². The number of nitrogens with one attached hydrogen (secondary N) is 2. The van der Waals surface area contributed by atoms with Crippen molar-refractivity contribution >= 4 is 18.3 Å². The van der Waals surface area contributed by atoms with E-state index in [1.165, 1.54) is 0 Å². The standard InChI is InChI=1S/C16H22N2O2.ClH/c1-2-12-20-15-8-4-3-6-13(15)9-11-18-16(19)14-7-5-10-17-14;/h3-8,14,17H,2,9-12H2,1H3,(H,18,19);1H. The zero-order valence-electron chi connectivity index (χ0n) is 12.3. The lowest BCUT2D eigenvalue weighted by molar-refractivity contribution is -0.121. The van der Waals surface area contributed by atoms with Crippen molar-refractivity contribution in [3.05, 3.63) is 42.0 Å². The van der Waals surface area contributed by atoms with E-state index in [2.05, 4.69) is 17.6 Å². The van der Waals surface area contributed by atoms with Crippen LogP contribution in [-0.2, 0) is 11.2 Å². The third-order valence-corrected chi connectivity index (χ3v) is 3.19. The molecule has 1 amide bonds. The maximum Gasteiger partial charge on any atom is 0.241 e. The van der Waals surface area contributed by atoms with E-state index in [0.717, 1.165) is 37.3 Å². The van der Waals surface area contributed by atoms with Gasteiger partial charge in [0, 0.05) is 13.1 Å². The van der Waals surface area contributed by atoms with E-state index in [1.54, 1.807) is 0 Å². The molecule has 1 aliphatic heterocycles. The molecule has 116 valence electrons. The highest BCUT2D eigenvalue weighted by molar-refractivity contribution is 5.85. The number of para-hydroxylation sites is 1. The second-order valence-corrected chi connectivity index (χ2v) is 4.81. The van der Waals surface area contributed by atoms with Gasteiger partial charge in [-0.3, -0.25) is 10.1 Å². The van der Waals surface area contributed by atoms with E-state index < -0.39 is 0 Å². The summed E-state index contributed by atoms with van der Waals surface area (Å²) in [5, 5.41) is 6.04. The molecule has 1 unspecified atom stereocenters. The predicted molar refractivity (Wildman–Crippen MR) is 87.1 cm³/mol. The highest BCUT2D eigenvalue weighted by Crippen LogP contribution is 2.18. The monoisotopic (exact) mass is 310 g/mol. The van der Waals surface area contributed by atoms with Crippen LogP contribution in [-0.4, -0.2) is 31.6 Å². The number of amides is 1. The fraction of sp³-hybridized carbons (Fsp3) is 0.438. The lowest BCUT2D eigenvalue weighted by Gasteiger charge is -2.13. The van der Waals surface area contributed by atoms with E-state index in [9.17, 15) is 4.79 Å². The summed E-state index contributed by atoms with van der Waals surface area (Å²) in [6, 6.07) is 7.82. The Bertz CT molecular complexity index is 477. The average molecular weight is 311 g/mol. The number of carbonyl (C=O) groups excluding carboxylic acids is 1. The Morgan fingerprint density at radius 2 is 2.24 bits per heavy atom. The highest BCUT2D eigenvalue weighted by atomic mass is 35.5. The Morgan fingerprint density at radius 1 is 1.43 bits per heavy atom. The number of halogens is 1. The van der Waals surface area contributed by atoms with Crippen molar-refractivity contribution in [2.45, 2.75) is 25.8 Å². The Kier molecular flexibility index (Phi) is 7.87. The van der Waals surface area contributed by atoms with Gasteiger partial charge in [0.2, 0.25) is 5.91 Å². The molecule has 21 heavy (non-hydrogen) atoms. The molecule has 0 saturated heterocycles. The van der Waals surface area contributed by atoms with Gasteiger partial charge in [0.25, 0.3) is 0 Å². The topological polar surface area (TPSA) is 50.4 Å². The van der Waals surface area contributed by atoms with Crippen LogP contribution >= 0.6 is 12.4 Å². The van der Waals surface area contributed by atoms with E-state index in [1.807, 2.05) is 36.4 Å². The first kappa shape index (κ1) is 17.5. The number of hydrogen-bond donors (Lipinski definition) is 2. The maximum atomic E-state index is 11.8.